The van der Waals surface area contributed by atoms with Crippen LogP contribution in [0.3, 0.4) is 0 Å². The summed E-state index contributed by atoms with van der Waals surface area (Å²) >= 11 is 4.80. The molecule has 120 valence electrons. The van der Waals surface area contributed by atoms with Gasteiger partial charge >= 0.3 is 168 Å². The molecule has 2 aromatic carbocycles. The minimum atomic E-state index is 0.628. The Labute approximate surface area is 167 Å². The van der Waals surface area contributed by atoms with Crippen LogP contribution >= 0.6 is 0 Å². The zero-order valence-electron chi connectivity index (χ0n) is 16.6. The van der Waals surface area contributed by atoms with Crippen molar-refractivity contribution >= 4 is 46.2 Å². The monoisotopic (exact) mass is 308 g/mol. The molecule has 4 atom stereocenters. The Morgan fingerprint density at radius 3 is 1.42 bits per heavy atom. The van der Waals surface area contributed by atoms with Crippen LogP contribution in [0.15, 0.2) is 36.4 Å². The van der Waals surface area contributed by atoms with E-state index in [4.69, 9.17) is 0 Å². The first-order valence-electron chi connectivity index (χ1n) is 9.99. The van der Waals surface area contributed by atoms with E-state index >= 15 is 0 Å². The van der Waals surface area contributed by atoms with Crippen molar-refractivity contribution in [2.45, 2.75) is 62.6 Å². The van der Waals surface area contributed by atoms with Crippen LogP contribution in [0.2, 0.25) is 0 Å². The quantitative estimate of drug-likeness (QED) is 0.514. The first kappa shape index (κ1) is 20.2. The summed E-state index contributed by atoms with van der Waals surface area (Å²) in [4.78, 5) is 0. The van der Waals surface area contributed by atoms with Crippen LogP contribution in [0.25, 0.3) is 10.8 Å². The van der Waals surface area contributed by atoms with Gasteiger partial charge in [-0.3, -0.25) is 0 Å². The molecule has 0 radical (unpaired) electrons. The van der Waals surface area contributed by atoms with Gasteiger partial charge in [-0.15, -0.1) is 0 Å². The molecule has 0 saturated heterocycles. The van der Waals surface area contributed by atoms with E-state index in [1.165, 1.54) is 47.6 Å². The van der Waals surface area contributed by atoms with Gasteiger partial charge in [-0.1, -0.05) is 0 Å². The number of hydrogen-bond donors (Lipinski definition) is 0. The molecule has 0 saturated carbocycles. The Hall–Kier alpha value is -0.105. The molecule has 0 aliphatic heterocycles. The van der Waals surface area contributed by atoms with E-state index in [0.717, 1.165) is 11.8 Å². The summed E-state index contributed by atoms with van der Waals surface area (Å²) < 4.78 is 1.26. The molecule has 0 spiro atoms. The topological polar surface area (TPSA) is 0 Å². The molecule has 0 N–H and O–H groups in total. The fourth-order valence-corrected chi connectivity index (χ4v) is 4.01. The maximum absolute atomic E-state index is 2.40. The van der Waals surface area contributed by atoms with Crippen LogP contribution in [0.5, 0.6) is 0 Å². The Morgan fingerprint density at radius 1 is 0.708 bits per heavy atom. The van der Waals surface area contributed by atoms with Gasteiger partial charge in [-0.2, -0.15) is 0 Å². The number of hydrogen-bond acceptors (Lipinski definition) is 0. The molecule has 2 aromatic rings. The first-order chi connectivity index (χ1) is 11.5. The third kappa shape index (κ3) is 4.96. The molecular weight excluding hydrogens is 278 g/mol. The fraction of sp³-hybridized carbons (Fsp3) is 0.545. The molecular formula is C22H30Li2. The van der Waals surface area contributed by atoms with Crippen LogP contribution in [0.4, 0.5) is 0 Å². The molecule has 0 aliphatic rings. The van der Waals surface area contributed by atoms with Gasteiger partial charge in [0, 0.05) is 0 Å². The third-order valence-corrected chi connectivity index (χ3v) is 5.96. The molecule has 24 heavy (non-hydrogen) atoms. The van der Waals surface area contributed by atoms with Crippen molar-refractivity contribution < 1.29 is 0 Å². The van der Waals surface area contributed by atoms with Crippen LogP contribution in [-0.4, -0.2) is 35.4 Å². The summed E-state index contributed by atoms with van der Waals surface area (Å²) in [6.07, 6.45) is 5.10. The zero-order valence-corrected chi connectivity index (χ0v) is 16.6. The van der Waals surface area contributed by atoms with Crippen molar-refractivity contribution in [3.05, 3.63) is 47.5 Å². The van der Waals surface area contributed by atoms with Crippen LogP contribution in [0, 0.1) is 11.8 Å². The van der Waals surface area contributed by atoms with Crippen LogP contribution < -0.4 is 0 Å². The molecule has 0 heterocycles. The van der Waals surface area contributed by atoms with Crippen LogP contribution in [-0.2, 0) is 0 Å². The molecule has 0 aromatic heterocycles. The molecule has 2 heteroatoms. The van der Waals surface area contributed by atoms with Crippen molar-refractivity contribution in [2.75, 3.05) is 0 Å². The Kier molecular flexibility index (Phi) is 8.04. The van der Waals surface area contributed by atoms with Crippen molar-refractivity contribution in [1.29, 1.82) is 0 Å². The second-order valence-corrected chi connectivity index (χ2v) is 8.09. The molecule has 4 unspecified atom stereocenters. The Bertz CT molecular complexity index is 592. The third-order valence-electron chi connectivity index (χ3n) is 5.96. The second-order valence-electron chi connectivity index (χ2n) is 8.09. The van der Waals surface area contributed by atoms with Gasteiger partial charge in [-0.25, -0.2) is 0 Å². The summed E-state index contributed by atoms with van der Waals surface area (Å²) in [7, 11) is 0. The van der Waals surface area contributed by atoms with Gasteiger partial charge in [0.25, 0.3) is 0 Å². The standard InChI is InChI=1S/C22H30.2Li/c1-5-17(3)13-15-19-9-7-12-22-20(10-8-11-21(19)22)16-14-18(4)6-2;;/h7-12,15-18H,5-6,13-14H2,1-4H3;;. The van der Waals surface area contributed by atoms with E-state index in [9.17, 15) is 0 Å². The fourth-order valence-electron chi connectivity index (χ4n) is 4.01. The van der Waals surface area contributed by atoms with E-state index in [-0.39, 0.29) is 0 Å². The first-order valence-corrected chi connectivity index (χ1v) is 9.99. The second kappa shape index (κ2) is 9.55. The Morgan fingerprint density at radius 2 is 1.08 bits per heavy atom. The molecule has 2 rings (SSSR count). The molecule has 0 fully saturated rings. The number of rotatable bonds is 8. The summed E-state index contributed by atoms with van der Waals surface area (Å²) in [5.41, 5.74) is 3.07. The predicted molar refractivity (Wildman–Crippen MR) is 109 cm³/mol. The predicted octanol–water partition coefficient (Wildman–Crippen LogP) is 6.13. The van der Waals surface area contributed by atoms with Crippen LogP contribution in [0.1, 0.15) is 73.7 Å². The van der Waals surface area contributed by atoms with E-state index in [1.807, 2.05) is 0 Å². The average molecular weight is 308 g/mol. The van der Waals surface area contributed by atoms with Crippen molar-refractivity contribution in [3.8, 4) is 0 Å². The van der Waals surface area contributed by atoms with Crippen molar-refractivity contribution in [1.82, 2.24) is 0 Å². The summed E-state index contributed by atoms with van der Waals surface area (Å²) in [5, 5.41) is 2.95. The van der Waals surface area contributed by atoms with E-state index in [0.29, 0.717) is 9.18 Å². The van der Waals surface area contributed by atoms with Gasteiger partial charge in [0.1, 0.15) is 0 Å². The normalized spacial score (nSPS) is 16.8. The summed E-state index contributed by atoms with van der Waals surface area (Å²) in [5.74, 6) is 1.59. The van der Waals surface area contributed by atoms with E-state index in [2.05, 4.69) is 99.5 Å². The average Bonchev–Trinajstić information content (AvgIpc) is 2.60. The van der Waals surface area contributed by atoms with E-state index in [1.54, 1.807) is 0 Å². The summed E-state index contributed by atoms with van der Waals surface area (Å²) in [6, 6.07) is 13.9. The SMILES string of the molecule is [Li][CH](CC(C)CC)c1cccc2c([CH]([Li])CC(C)CC)cccc12. The van der Waals surface area contributed by atoms with Gasteiger partial charge in [0.05, 0.1) is 0 Å². The van der Waals surface area contributed by atoms with Gasteiger partial charge in [0.2, 0.25) is 0 Å². The molecule has 0 bridgehead atoms. The van der Waals surface area contributed by atoms with Crippen molar-refractivity contribution in [2.24, 2.45) is 11.8 Å². The number of fused-ring (bicyclic) bond motifs is 1. The molecule has 0 aliphatic carbocycles. The van der Waals surface area contributed by atoms with E-state index < -0.39 is 0 Å². The number of benzene rings is 2. The zero-order chi connectivity index (χ0) is 17.7. The molecule has 0 nitrogen and oxygen atoms in total. The minimum absolute atomic E-state index is 0.628. The molecule has 0 amide bonds. The summed E-state index contributed by atoms with van der Waals surface area (Å²) in [6.45, 7) is 9.35. The Balaban J connectivity index is 2.38. The maximum atomic E-state index is 2.40. The van der Waals surface area contributed by atoms with Gasteiger partial charge in [-0.05, 0) is 0 Å². The van der Waals surface area contributed by atoms with Gasteiger partial charge < -0.3 is 0 Å². The van der Waals surface area contributed by atoms with Crippen molar-refractivity contribution in [3.63, 3.8) is 0 Å². The van der Waals surface area contributed by atoms with Gasteiger partial charge in [0.15, 0.2) is 0 Å².